The minimum atomic E-state index is -1.88. The van der Waals surface area contributed by atoms with E-state index in [0.29, 0.717) is 25.7 Å². The Morgan fingerprint density at radius 1 is 0.588 bits per heavy atom. The minimum Gasteiger partial charge on any atom is -0.396 e. The molecule has 4 saturated carbocycles. The Labute approximate surface area is 398 Å². The maximum Gasteiger partial charge on any atom is 0.187 e. The number of ether oxygens (including phenoxy) is 7. The van der Waals surface area contributed by atoms with Gasteiger partial charge < -0.3 is 99.5 Å². The SMILES string of the molecule is CC1OC(OC2C(OC3C(O)C(CO)OC(OC4CCC5(C)C(CCC6(C)C5CC(O)C5C(C7(C)CC(O)C(C(C)(C)O)O7)CCC56C)C4(C)CO)C3O)OC(CO)C(O)C2O)C(O)C(O)C1O. The number of fused-ring (bicyclic) bond motifs is 5. The fourth-order valence-corrected chi connectivity index (χ4v) is 15.7. The predicted octanol–water partition coefficient (Wildman–Crippen LogP) is -1.84. The molecule has 20 nitrogen and oxygen atoms in total. The van der Waals surface area contributed by atoms with E-state index in [0.717, 1.165) is 25.7 Å². The van der Waals surface area contributed by atoms with Gasteiger partial charge in [0, 0.05) is 11.8 Å². The van der Waals surface area contributed by atoms with E-state index in [-0.39, 0.29) is 46.5 Å². The Morgan fingerprint density at radius 2 is 1.19 bits per heavy atom. The zero-order valence-corrected chi connectivity index (χ0v) is 40.7. The lowest BCUT2D eigenvalue weighted by molar-refractivity contribution is -0.392. The van der Waals surface area contributed by atoms with Crippen LogP contribution in [-0.4, -0.2) is 214 Å². The molecule has 394 valence electrons. The molecule has 8 fully saturated rings. The van der Waals surface area contributed by atoms with Crippen molar-refractivity contribution in [3.05, 3.63) is 0 Å². The molecule has 8 aliphatic rings. The molecule has 4 aliphatic heterocycles. The van der Waals surface area contributed by atoms with Gasteiger partial charge in [-0.3, -0.25) is 0 Å². The normalized spacial score (nSPS) is 57.6. The van der Waals surface area contributed by atoms with Crippen LogP contribution in [-0.2, 0) is 33.2 Å². The third kappa shape index (κ3) is 8.37. The quantitative estimate of drug-likeness (QED) is 0.101. The maximum absolute atomic E-state index is 12.4. The highest BCUT2D eigenvalue weighted by molar-refractivity contribution is 5.21. The van der Waals surface area contributed by atoms with E-state index in [1.54, 1.807) is 13.8 Å². The molecule has 13 N–H and O–H groups in total. The molecule has 68 heavy (non-hydrogen) atoms. The molecule has 4 saturated heterocycles. The van der Waals surface area contributed by atoms with Crippen LogP contribution in [0.3, 0.4) is 0 Å². The lowest BCUT2D eigenvalue weighted by Crippen LogP contribution is -2.68. The van der Waals surface area contributed by atoms with Crippen LogP contribution in [0.25, 0.3) is 0 Å². The lowest BCUT2D eigenvalue weighted by Gasteiger charge is -2.71. The Hall–Kier alpha value is -0.800. The van der Waals surface area contributed by atoms with Gasteiger partial charge in [0.25, 0.3) is 0 Å². The second-order valence-corrected chi connectivity index (χ2v) is 23.9. The Morgan fingerprint density at radius 3 is 1.81 bits per heavy atom. The number of rotatable bonds is 11. The summed E-state index contributed by atoms with van der Waals surface area (Å²) in [5.41, 5.74) is -3.78. The largest absolute Gasteiger partial charge is 0.396 e. The van der Waals surface area contributed by atoms with Crippen molar-refractivity contribution in [3.8, 4) is 0 Å². The number of aliphatic hydroxyl groups excluding tert-OH is 12. The summed E-state index contributed by atoms with van der Waals surface area (Å²) in [5.74, 6) is -0.229. The molecule has 4 aliphatic carbocycles. The molecule has 28 atom stereocenters. The van der Waals surface area contributed by atoms with E-state index in [2.05, 4.69) is 20.8 Å². The van der Waals surface area contributed by atoms with Crippen molar-refractivity contribution in [2.24, 2.45) is 45.3 Å². The van der Waals surface area contributed by atoms with E-state index < -0.39 is 146 Å². The summed E-state index contributed by atoms with van der Waals surface area (Å²) in [5, 5.41) is 143. The van der Waals surface area contributed by atoms with Crippen LogP contribution in [0.1, 0.15) is 107 Å². The van der Waals surface area contributed by atoms with Crippen molar-refractivity contribution in [1.82, 2.24) is 0 Å². The summed E-state index contributed by atoms with van der Waals surface area (Å²) in [4.78, 5) is 0. The first-order valence-electron chi connectivity index (χ1n) is 24.9. The van der Waals surface area contributed by atoms with Crippen LogP contribution >= 0.6 is 0 Å². The summed E-state index contributed by atoms with van der Waals surface area (Å²) in [7, 11) is 0. The average molecular weight is 979 g/mol. The second-order valence-electron chi connectivity index (χ2n) is 23.9. The monoisotopic (exact) mass is 979 g/mol. The molecule has 20 heteroatoms. The zero-order chi connectivity index (χ0) is 50.0. The molecular weight excluding hydrogens is 897 g/mol. The number of hydrogen-bond acceptors (Lipinski definition) is 20. The van der Waals surface area contributed by atoms with Gasteiger partial charge in [0.05, 0.1) is 55.4 Å². The zero-order valence-electron chi connectivity index (χ0n) is 40.7. The van der Waals surface area contributed by atoms with Gasteiger partial charge in [-0.05, 0) is 113 Å². The summed E-state index contributed by atoms with van der Waals surface area (Å²) in [6, 6.07) is 0. The molecule has 0 aromatic carbocycles. The van der Waals surface area contributed by atoms with E-state index in [1.807, 2.05) is 13.8 Å². The van der Waals surface area contributed by atoms with Gasteiger partial charge >= 0.3 is 0 Å². The number of aliphatic hydroxyl groups is 13. The van der Waals surface area contributed by atoms with Crippen molar-refractivity contribution in [2.45, 2.75) is 234 Å². The molecule has 0 spiro atoms. The molecule has 28 unspecified atom stereocenters. The van der Waals surface area contributed by atoms with Crippen molar-refractivity contribution < 1.29 is 99.5 Å². The van der Waals surface area contributed by atoms with Crippen molar-refractivity contribution in [1.29, 1.82) is 0 Å². The first-order chi connectivity index (χ1) is 31.6. The first-order valence-corrected chi connectivity index (χ1v) is 24.9. The standard InChI is InChI=1S/C48H82O20/c1-20-30(54)33(57)35(59)40(62-20)67-38-34(58)31(55)24(17-49)64-42(38)66-37-32(56)25(18-50)63-41(36(37)60)65-28-11-12-44(4)26(45(28,5)19-51)10-14-46(6)27(44)15-22(52)29-21(9-13-47(29,46)7)48(8)16-23(53)39(68-48)43(2,3)61/h20-42,49-61H,9-19H2,1-8H3. The second kappa shape index (κ2) is 18.8. The average Bonchev–Trinajstić information content (AvgIpc) is 3.83. The van der Waals surface area contributed by atoms with Gasteiger partial charge in [-0.1, -0.05) is 27.7 Å². The van der Waals surface area contributed by atoms with E-state index in [9.17, 15) is 66.4 Å². The Bertz CT molecular complexity index is 1760. The fourth-order valence-electron chi connectivity index (χ4n) is 15.7. The van der Waals surface area contributed by atoms with E-state index in [4.69, 9.17) is 33.2 Å². The molecule has 8 rings (SSSR count). The molecule has 0 aromatic heterocycles. The van der Waals surface area contributed by atoms with Gasteiger partial charge in [0.15, 0.2) is 18.9 Å². The third-order valence-corrected chi connectivity index (χ3v) is 19.6. The minimum absolute atomic E-state index is 0.0434. The van der Waals surface area contributed by atoms with Gasteiger partial charge in [-0.25, -0.2) is 0 Å². The van der Waals surface area contributed by atoms with E-state index in [1.165, 1.54) is 6.92 Å². The summed E-state index contributed by atoms with van der Waals surface area (Å²) in [6.07, 6.45) is -22.4. The molecule has 0 radical (unpaired) electrons. The van der Waals surface area contributed by atoms with Gasteiger partial charge in [0.2, 0.25) is 0 Å². The lowest BCUT2D eigenvalue weighted by atomic mass is 9.35. The first kappa shape index (κ1) is 53.5. The van der Waals surface area contributed by atoms with Crippen LogP contribution in [0.4, 0.5) is 0 Å². The fraction of sp³-hybridized carbons (Fsp3) is 1.00. The van der Waals surface area contributed by atoms with Gasteiger partial charge in [0.1, 0.15) is 73.2 Å². The van der Waals surface area contributed by atoms with Crippen molar-refractivity contribution in [3.63, 3.8) is 0 Å². The van der Waals surface area contributed by atoms with Crippen LogP contribution in [0.2, 0.25) is 0 Å². The molecule has 0 amide bonds. The van der Waals surface area contributed by atoms with Crippen LogP contribution < -0.4 is 0 Å². The Kier molecular flexibility index (Phi) is 14.8. The number of hydrogen-bond donors (Lipinski definition) is 13. The van der Waals surface area contributed by atoms with E-state index >= 15 is 0 Å². The van der Waals surface area contributed by atoms with Crippen LogP contribution in [0.5, 0.6) is 0 Å². The molecule has 0 aromatic rings. The summed E-state index contributed by atoms with van der Waals surface area (Å²) >= 11 is 0. The highest BCUT2D eigenvalue weighted by Gasteiger charge is 2.73. The maximum atomic E-state index is 12.4. The molecule has 0 bridgehead atoms. The predicted molar refractivity (Wildman–Crippen MR) is 234 cm³/mol. The smallest absolute Gasteiger partial charge is 0.187 e. The highest BCUT2D eigenvalue weighted by atomic mass is 16.8. The summed E-state index contributed by atoms with van der Waals surface area (Å²) in [6.45, 7) is 13.8. The topological polar surface area (TPSA) is 328 Å². The van der Waals surface area contributed by atoms with Gasteiger partial charge in [-0.15, -0.1) is 0 Å². The van der Waals surface area contributed by atoms with Crippen LogP contribution in [0, 0.1) is 45.3 Å². The molecular formula is C48H82O20. The van der Waals surface area contributed by atoms with Crippen molar-refractivity contribution in [2.75, 3.05) is 19.8 Å². The summed E-state index contributed by atoms with van der Waals surface area (Å²) < 4.78 is 42.6. The third-order valence-electron chi connectivity index (χ3n) is 19.6. The highest BCUT2D eigenvalue weighted by Crippen LogP contribution is 2.76. The van der Waals surface area contributed by atoms with Crippen molar-refractivity contribution >= 4 is 0 Å². The van der Waals surface area contributed by atoms with Crippen LogP contribution in [0.15, 0.2) is 0 Å². The van der Waals surface area contributed by atoms with Gasteiger partial charge in [-0.2, -0.15) is 0 Å². The Balaban J connectivity index is 1.01. The molecule has 4 heterocycles.